The Morgan fingerprint density at radius 2 is 2.16 bits per heavy atom. The maximum atomic E-state index is 13.0. The number of ether oxygens (including phenoxy) is 2. The molecule has 1 atom stereocenters. The molecule has 0 N–H and O–H groups in total. The summed E-state index contributed by atoms with van der Waals surface area (Å²) in [6.07, 6.45) is 7.54. The minimum absolute atomic E-state index is 0.126. The van der Waals surface area contributed by atoms with Gasteiger partial charge in [0, 0.05) is 56.2 Å². The van der Waals surface area contributed by atoms with Gasteiger partial charge in [0.2, 0.25) is 5.91 Å². The van der Waals surface area contributed by atoms with Crippen LogP contribution in [-0.2, 0) is 16.1 Å². The van der Waals surface area contributed by atoms with Crippen LogP contribution >= 0.6 is 0 Å². The van der Waals surface area contributed by atoms with Crippen molar-refractivity contribution < 1.29 is 14.3 Å². The van der Waals surface area contributed by atoms with E-state index >= 15 is 0 Å². The Labute approximate surface area is 184 Å². The summed E-state index contributed by atoms with van der Waals surface area (Å²) in [5.74, 6) is 1.95. The molecular formula is C25H33N3O3. The molecule has 6 heteroatoms. The van der Waals surface area contributed by atoms with Crippen LogP contribution in [0.4, 0.5) is 5.82 Å². The second-order valence-electron chi connectivity index (χ2n) is 8.46. The maximum absolute atomic E-state index is 13.0. The summed E-state index contributed by atoms with van der Waals surface area (Å²) < 4.78 is 11.2. The second-order valence-corrected chi connectivity index (χ2v) is 8.46. The first-order valence-electron chi connectivity index (χ1n) is 11.4. The number of rotatable bonds is 9. The molecule has 1 aromatic carbocycles. The Balaban J connectivity index is 1.67. The minimum Gasteiger partial charge on any atom is -0.497 e. The van der Waals surface area contributed by atoms with Gasteiger partial charge in [0.05, 0.1) is 18.7 Å². The largest absolute Gasteiger partial charge is 0.497 e. The minimum atomic E-state index is 0.126. The summed E-state index contributed by atoms with van der Waals surface area (Å²) in [7, 11) is 1.68. The molecule has 0 spiro atoms. The number of anilines is 1. The molecule has 166 valence electrons. The molecule has 1 aromatic heterocycles. The molecule has 2 saturated heterocycles. The van der Waals surface area contributed by atoms with Crippen molar-refractivity contribution in [2.45, 2.75) is 51.2 Å². The van der Waals surface area contributed by atoms with Gasteiger partial charge in [0.15, 0.2) is 0 Å². The van der Waals surface area contributed by atoms with Gasteiger partial charge in [-0.05, 0) is 50.3 Å². The van der Waals surface area contributed by atoms with E-state index in [-0.39, 0.29) is 12.0 Å². The standard InChI is InChI=1S/C25H33N3O3/c1-3-4-9-24(29)28(18-22-8-7-14-31-22)17-20-15-19-10-11-21(30-2)16-23(19)26-25(20)27-12-5-6-13-27/h3,10-11,15-16,22H,1,4-9,12-14,17-18H2,2H3/t22-/m1/s1. The van der Waals surface area contributed by atoms with E-state index in [4.69, 9.17) is 14.5 Å². The average molecular weight is 424 g/mol. The van der Waals surface area contributed by atoms with Crippen LogP contribution in [0.3, 0.4) is 0 Å². The smallest absolute Gasteiger partial charge is 0.223 e. The third kappa shape index (κ3) is 5.18. The van der Waals surface area contributed by atoms with Crippen LogP contribution in [0.5, 0.6) is 5.75 Å². The number of carbonyl (C=O) groups excluding carboxylic acids is 1. The van der Waals surface area contributed by atoms with Gasteiger partial charge in [0.1, 0.15) is 11.6 Å². The first-order valence-corrected chi connectivity index (χ1v) is 11.4. The molecule has 2 aromatic rings. The highest BCUT2D eigenvalue weighted by Gasteiger charge is 2.25. The Bertz CT molecular complexity index is 918. The van der Waals surface area contributed by atoms with Gasteiger partial charge in [0.25, 0.3) is 0 Å². The van der Waals surface area contributed by atoms with Crippen LogP contribution in [0, 0.1) is 0 Å². The van der Waals surface area contributed by atoms with Crippen molar-refractivity contribution in [2.75, 3.05) is 38.3 Å². The number of carbonyl (C=O) groups is 1. The van der Waals surface area contributed by atoms with Crippen molar-refractivity contribution >= 4 is 22.6 Å². The molecule has 2 aliphatic heterocycles. The van der Waals surface area contributed by atoms with E-state index in [9.17, 15) is 4.79 Å². The number of nitrogens with zero attached hydrogens (tertiary/aromatic N) is 3. The summed E-state index contributed by atoms with van der Waals surface area (Å²) in [5.41, 5.74) is 2.03. The molecule has 0 aliphatic carbocycles. The highest BCUT2D eigenvalue weighted by atomic mass is 16.5. The lowest BCUT2D eigenvalue weighted by atomic mass is 10.1. The molecule has 3 heterocycles. The molecule has 1 amide bonds. The second kappa shape index (κ2) is 10.1. The van der Waals surface area contributed by atoms with Gasteiger partial charge >= 0.3 is 0 Å². The van der Waals surface area contributed by atoms with E-state index in [1.54, 1.807) is 7.11 Å². The molecule has 0 bridgehead atoms. The predicted octanol–water partition coefficient (Wildman–Crippen LogP) is 4.32. The zero-order chi connectivity index (χ0) is 21.6. The topological polar surface area (TPSA) is 54.9 Å². The molecule has 4 rings (SSSR count). The number of aromatic nitrogens is 1. The summed E-state index contributed by atoms with van der Waals surface area (Å²) >= 11 is 0. The van der Waals surface area contributed by atoms with E-state index < -0.39 is 0 Å². The number of benzene rings is 1. The number of hydrogen-bond donors (Lipinski definition) is 0. The molecule has 0 radical (unpaired) electrons. The summed E-state index contributed by atoms with van der Waals surface area (Å²) in [6.45, 7) is 7.76. The number of methoxy groups -OCH3 is 1. The monoisotopic (exact) mass is 423 g/mol. The van der Waals surface area contributed by atoms with Crippen LogP contribution in [0.15, 0.2) is 36.9 Å². The molecule has 0 saturated carbocycles. The molecule has 2 fully saturated rings. The van der Waals surface area contributed by atoms with E-state index in [0.29, 0.717) is 25.9 Å². The first kappa shape index (κ1) is 21.6. The molecule has 2 aliphatic rings. The fourth-order valence-corrected chi connectivity index (χ4v) is 4.50. The molecular weight excluding hydrogens is 390 g/mol. The third-order valence-corrected chi connectivity index (χ3v) is 6.21. The van der Waals surface area contributed by atoms with E-state index in [1.165, 1.54) is 12.8 Å². The number of fused-ring (bicyclic) bond motifs is 1. The Morgan fingerprint density at radius 1 is 1.32 bits per heavy atom. The SMILES string of the molecule is C=CCCC(=O)N(Cc1cc2ccc(OC)cc2nc1N1CCCC1)C[C@H]1CCCO1. The van der Waals surface area contributed by atoms with Crippen molar-refractivity contribution in [1.82, 2.24) is 9.88 Å². The van der Waals surface area contributed by atoms with E-state index in [1.807, 2.05) is 29.2 Å². The number of pyridine rings is 1. The third-order valence-electron chi connectivity index (χ3n) is 6.21. The van der Waals surface area contributed by atoms with Gasteiger partial charge in [-0.1, -0.05) is 6.08 Å². The average Bonchev–Trinajstić information content (AvgIpc) is 3.50. The number of hydrogen-bond acceptors (Lipinski definition) is 5. The quantitative estimate of drug-likeness (QED) is 0.563. The van der Waals surface area contributed by atoms with Crippen LogP contribution in [0.2, 0.25) is 0 Å². The van der Waals surface area contributed by atoms with Crippen molar-refractivity contribution in [1.29, 1.82) is 0 Å². The van der Waals surface area contributed by atoms with Crippen molar-refractivity contribution in [3.05, 3.63) is 42.5 Å². The number of amides is 1. The normalized spacial score (nSPS) is 18.5. The maximum Gasteiger partial charge on any atom is 0.223 e. The highest BCUT2D eigenvalue weighted by molar-refractivity contribution is 5.84. The lowest BCUT2D eigenvalue weighted by Crippen LogP contribution is -2.37. The Morgan fingerprint density at radius 3 is 2.87 bits per heavy atom. The van der Waals surface area contributed by atoms with E-state index in [0.717, 1.165) is 60.6 Å². The van der Waals surface area contributed by atoms with Crippen molar-refractivity contribution in [2.24, 2.45) is 0 Å². The fourth-order valence-electron chi connectivity index (χ4n) is 4.50. The predicted molar refractivity (Wildman–Crippen MR) is 124 cm³/mol. The lowest BCUT2D eigenvalue weighted by Gasteiger charge is -2.28. The van der Waals surface area contributed by atoms with Crippen LogP contribution in [-0.4, -0.2) is 55.2 Å². The summed E-state index contributed by atoms with van der Waals surface area (Å²) in [6, 6.07) is 8.18. The zero-order valence-electron chi connectivity index (χ0n) is 18.5. The van der Waals surface area contributed by atoms with Crippen LogP contribution in [0.1, 0.15) is 44.1 Å². The van der Waals surface area contributed by atoms with Gasteiger partial charge in [-0.25, -0.2) is 4.98 Å². The summed E-state index contributed by atoms with van der Waals surface area (Å²) in [5, 5.41) is 1.06. The Hall–Kier alpha value is -2.60. The van der Waals surface area contributed by atoms with Crippen molar-refractivity contribution in [3.63, 3.8) is 0 Å². The van der Waals surface area contributed by atoms with Gasteiger partial charge < -0.3 is 19.3 Å². The highest BCUT2D eigenvalue weighted by Crippen LogP contribution is 2.30. The lowest BCUT2D eigenvalue weighted by molar-refractivity contribution is -0.133. The van der Waals surface area contributed by atoms with Gasteiger partial charge in [-0.3, -0.25) is 4.79 Å². The zero-order valence-corrected chi connectivity index (χ0v) is 18.5. The number of allylic oxidation sites excluding steroid dienone is 1. The van der Waals surface area contributed by atoms with Crippen LogP contribution in [0.25, 0.3) is 10.9 Å². The molecule has 31 heavy (non-hydrogen) atoms. The van der Waals surface area contributed by atoms with Crippen LogP contribution < -0.4 is 9.64 Å². The van der Waals surface area contributed by atoms with Crippen molar-refractivity contribution in [3.8, 4) is 5.75 Å². The molecule has 6 nitrogen and oxygen atoms in total. The first-order chi connectivity index (χ1) is 15.2. The fraction of sp³-hybridized carbons (Fsp3) is 0.520. The summed E-state index contributed by atoms with van der Waals surface area (Å²) in [4.78, 5) is 22.4. The Kier molecular flexibility index (Phi) is 7.07. The molecule has 0 unspecified atom stereocenters. The van der Waals surface area contributed by atoms with Gasteiger partial charge in [-0.2, -0.15) is 0 Å². The van der Waals surface area contributed by atoms with Gasteiger partial charge in [-0.15, -0.1) is 6.58 Å². The van der Waals surface area contributed by atoms with E-state index in [2.05, 4.69) is 17.5 Å².